The summed E-state index contributed by atoms with van der Waals surface area (Å²) in [5, 5.41) is 0.741. The monoisotopic (exact) mass is 381 g/mol. The number of rotatable bonds is 3. The molecule has 2 fully saturated rings. The number of fused-ring (bicyclic) bond motifs is 2. The number of ether oxygens (including phenoxy) is 1. The van der Waals surface area contributed by atoms with Gasteiger partial charge in [-0.2, -0.15) is 0 Å². The minimum absolute atomic E-state index is 0.209. The third kappa shape index (κ3) is 2.40. The van der Waals surface area contributed by atoms with Crippen molar-refractivity contribution in [3.63, 3.8) is 0 Å². The number of methoxy groups -OCH3 is 1. The van der Waals surface area contributed by atoms with Gasteiger partial charge in [0.2, 0.25) is 0 Å². The van der Waals surface area contributed by atoms with Crippen LogP contribution in [0, 0.1) is 11.8 Å². The number of nitrogens with zero attached hydrogens (tertiary/aromatic N) is 2. The summed E-state index contributed by atoms with van der Waals surface area (Å²) in [6.07, 6.45) is 7.48. The molecule has 1 saturated heterocycles. The Labute approximate surface area is 164 Å². The van der Waals surface area contributed by atoms with E-state index in [2.05, 4.69) is 23.1 Å². The number of hydrogen-bond donors (Lipinski definition) is 1. The zero-order valence-corrected chi connectivity index (χ0v) is 16.7. The molecule has 5 heteroatoms. The lowest BCUT2D eigenvalue weighted by Gasteiger charge is -2.58. The van der Waals surface area contributed by atoms with Gasteiger partial charge in [0.25, 0.3) is 0 Å². The zero-order valence-electron chi connectivity index (χ0n) is 15.9. The quantitative estimate of drug-likeness (QED) is 0.885. The second kappa shape index (κ2) is 5.71. The van der Waals surface area contributed by atoms with Gasteiger partial charge in [-0.1, -0.05) is 6.07 Å². The van der Waals surface area contributed by atoms with E-state index in [4.69, 9.17) is 15.5 Å². The highest BCUT2D eigenvalue weighted by atomic mass is 32.1. The summed E-state index contributed by atoms with van der Waals surface area (Å²) < 4.78 is 5.61. The Kier molecular flexibility index (Phi) is 3.46. The third-order valence-electron chi connectivity index (χ3n) is 7.64. The lowest BCUT2D eigenvalue weighted by Crippen LogP contribution is -2.62. The Morgan fingerprint density at radius 1 is 1.33 bits per heavy atom. The molecule has 0 spiro atoms. The lowest BCUT2D eigenvalue weighted by molar-refractivity contribution is 0.00544. The van der Waals surface area contributed by atoms with Crippen LogP contribution >= 0.6 is 11.3 Å². The molecule has 142 valence electrons. The van der Waals surface area contributed by atoms with E-state index < -0.39 is 0 Å². The topological polar surface area (TPSA) is 51.4 Å². The molecule has 3 atom stereocenters. The maximum absolute atomic E-state index is 6.10. The Balaban J connectivity index is 1.49. The molecule has 4 aliphatic rings. The fourth-order valence-corrected chi connectivity index (χ4v) is 7.08. The zero-order chi connectivity index (χ0) is 18.2. The fraction of sp³-hybridized carbons (Fsp3) is 0.591. The van der Waals surface area contributed by atoms with E-state index in [0.717, 1.165) is 29.6 Å². The number of hydrogen-bond acceptors (Lipinski definition) is 5. The normalized spacial score (nSPS) is 31.7. The number of aromatic nitrogens is 1. The number of nitrogen functional groups attached to an aromatic ring is 1. The molecule has 1 aromatic heterocycles. The highest BCUT2D eigenvalue weighted by molar-refractivity contribution is 7.15. The first kappa shape index (κ1) is 16.4. The molecule has 2 heterocycles. The average molecular weight is 382 g/mol. The SMILES string of the molecule is COc1ccc2c(c1)[C@@]13CCN(CC4CC4)[C@@H](C2)[C@@H]1Cc1sc(N)nc1C3. The van der Waals surface area contributed by atoms with Crippen LogP contribution in [-0.2, 0) is 24.7 Å². The van der Waals surface area contributed by atoms with Gasteiger partial charge in [0, 0.05) is 29.3 Å². The van der Waals surface area contributed by atoms with Crippen molar-refractivity contribution >= 4 is 16.5 Å². The van der Waals surface area contributed by atoms with Gasteiger partial charge in [-0.15, -0.1) is 11.3 Å². The van der Waals surface area contributed by atoms with Crippen LogP contribution in [0.25, 0.3) is 0 Å². The summed E-state index contributed by atoms with van der Waals surface area (Å²) >= 11 is 1.72. The van der Waals surface area contributed by atoms with Gasteiger partial charge in [-0.25, -0.2) is 4.98 Å². The highest BCUT2D eigenvalue weighted by Gasteiger charge is 2.56. The van der Waals surface area contributed by atoms with Crippen LogP contribution in [-0.4, -0.2) is 36.1 Å². The van der Waals surface area contributed by atoms with Crippen LogP contribution in [0.1, 0.15) is 41.0 Å². The van der Waals surface area contributed by atoms with Gasteiger partial charge in [0.05, 0.1) is 12.8 Å². The molecule has 4 nitrogen and oxygen atoms in total. The van der Waals surface area contributed by atoms with Crippen LogP contribution in [0.2, 0.25) is 0 Å². The van der Waals surface area contributed by atoms with E-state index in [1.165, 1.54) is 60.5 Å². The van der Waals surface area contributed by atoms with Gasteiger partial charge in [0.1, 0.15) is 5.75 Å². The predicted octanol–water partition coefficient (Wildman–Crippen LogP) is 3.43. The lowest BCUT2D eigenvalue weighted by atomic mass is 9.53. The first-order chi connectivity index (χ1) is 13.2. The molecular formula is C22H27N3OS. The van der Waals surface area contributed by atoms with Crippen molar-refractivity contribution in [2.24, 2.45) is 11.8 Å². The molecule has 2 N–H and O–H groups in total. The third-order valence-corrected chi connectivity index (χ3v) is 8.59. The summed E-state index contributed by atoms with van der Waals surface area (Å²) in [7, 11) is 1.78. The van der Waals surface area contributed by atoms with Crippen LogP contribution in [0.5, 0.6) is 5.75 Å². The van der Waals surface area contributed by atoms with E-state index >= 15 is 0 Å². The highest BCUT2D eigenvalue weighted by Crippen LogP contribution is 2.56. The molecule has 2 aromatic rings. The molecule has 1 saturated carbocycles. The number of piperidine rings is 1. The standard InChI is InChI=1S/C22H27N3OS/c1-26-15-5-4-14-8-19-17-10-20-18(24-21(23)27-20)11-22(17,16(14)9-15)6-7-25(19)12-13-2-3-13/h4-5,9,13,17,19H,2-3,6-8,10-12H2,1H3,(H2,23,24)/t17-,19-,22-/m0/s1. The van der Waals surface area contributed by atoms with Crippen LogP contribution in [0.4, 0.5) is 5.13 Å². The van der Waals surface area contributed by atoms with Crippen molar-refractivity contribution in [3.05, 3.63) is 39.9 Å². The van der Waals surface area contributed by atoms with Gasteiger partial charge in [-0.05, 0) is 73.7 Å². The summed E-state index contributed by atoms with van der Waals surface area (Å²) in [6.45, 7) is 2.53. The van der Waals surface area contributed by atoms with E-state index in [0.29, 0.717) is 12.0 Å². The summed E-state index contributed by atoms with van der Waals surface area (Å²) in [6, 6.07) is 7.46. The van der Waals surface area contributed by atoms with Gasteiger partial charge >= 0.3 is 0 Å². The number of benzene rings is 1. The Hall–Kier alpha value is -1.59. The van der Waals surface area contributed by atoms with E-state index in [1.54, 1.807) is 18.4 Å². The van der Waals surface area contributed by atoms with Crippen molar-refractivity contribution in [3.8, 4) is 5.75 Å². The molecule has 27 heavy (non-hydrogen) atoms. The van der Waals surface area contributed by atoms with Crippen LogP contribution < -0.4 is 10.5 Å². The average Bonchev–Trinajstić information content (AvgIpc) is 3.41. The molecule has 1 aromatic carbocycles. The minimum atomic E-state index is 0.209. The Morgan fingerprint density at radius 2 is 2.22 bits per heavy atom. The van der Waals surface area contributed by atoms with Crippen molar-refractivity contribution < 1.29 is 4.74 Å². The first-order valence-corrected chi connectivity index (χ1v) is 11.1. The number of likely N-dealkylation sites (tertiary alicyclic amines) is 1. The van der Waals surface area contributed by atoms with Gasteiger partial charge in [-0.3, -0.25) is 4.90 Å². The molecule has 0 amide bonds. The number of thiazole rings is 1. The predicted molar refractivity (Wildman–Crippen MR) is 109 cm³/mol. The maximum Gasteiger partial charge on any atom is 0.180 e. The van der Waals surface area contributed by atoms with Gasteiger partial charge in [0.15, 0.2) is 5.13 Å². The Morgan fingerprint density at radius 3 is 3.04 bits per heavy atom. The van der Waals surface area contributed by atoms with Crippen molar-refractivity contribution in [2.75, 3.05) is 25.9 Å². The number of anilines is 1. The second-order valence-electron chi connectivity index (χ2n) is 9.05. The molecule has 6 rings (SSSR count). The minimum Gasteiger partial charge on any atom is -0.497 e. The van der Waals surface area contributed by atoms with E-state index in [1.807, 2.05) is 0 Å². The molecule has 1 aliphatic heterocycles. The van der Waals surface area contributed by atoms with Crippen molar-refractivity contribution in [1.29, 1.82) is 0 Å². The number of nitrogens with two attached hydrogens (primary N) is 1. The fourth-order valence-electron chi connectivity index (χ4n) is 6.18. The Bertz CT molecular complexity index is 905. The van der Waals surface area contributed by atoms with Crippen LogP contribution in [0.15, 0.2) is 18.2 Å². The van der Waals surface area contributed by atoms with Crippen molar-refractivity contribution in [1.82, 2.24) is 9.88 Å². The largest absolute Gasteiger partial charge is 0.497 e. The molecule has 2 bridgehead atoms. The van der Waals surface area contributed by atoms with E-state index in [-0.39, 0.29) is 5.41 Å². The summed E-state index contributed by atoms with van der Waals surface area (Å²) in [5.74, 6) is 2.62. The molecule has 3 aliphatic carbocycles. The molecular weight excluding hydrogens is 354 g/mol. The molecule has 0 radical (unpaired) electrons. The first-order valence-electron chi connectivity index (χ1n) is 10.3. The summed E-state index contributed by atoms with van der Waals surface area (Å²) in [5.41, 5.74) is 10.6. The van der Waals surface area contributed by atoms with Gasteiger partial charge < -0.3 is 10.5 Å². The summed E-state index contributed by atoms with van der Waals surface area (Å²) in [4.78, 5) is 9.01. The smallest absolute Gasteiger partial charge is 0.180 e. The molecule has 0 unspecified atom stereocenters. The van der Waals surface area contributed by atoms with Crippen LogP contribution in [0.3, 0.4) is 0 Å². The second-order valence-corrected chi connectivity index (χ2v) is 10.2. The maximum atomic E-state index is 6.10. The van der Waals surface area contributed by atoms with E-state index in [9.17, 15) is 0 Å². The van der Waals surface area contributed by atoms with Crippen molar-refractivity contribution in [2.45, 2.75) is 50.0 Å².